The Balaban J connectivity index is 0.00000288. The zero-order valence-electron chi connectivity index (χ0n) is 13.6. The molecule has 9 heteroatoms. The second kappa shape index (κ2) is 11.8. The van der Waals surface area contributed by atoms with Crippen LogP contribution in [0.4, 0.5) is 0 Å². The summed E-state index contributed by atoms with van der Waals surface area (Å²) in [6.07, 6.45) is 0.471. The molecule has 0 saturated carbocycles. The number of carbonyl (C=O) groups excluding carboxylic acids is 2. The summed E-state index contributed by atoms with van der Waals surface area (Å²) in [5.41, 5.74) is 7.17. The lowest BCUT2D eigenvalue weighted by atomic mass is 10.1. The highest BCUT2D eigenvalue weighted by molar-refractivity contribution is 7.09. The van der Waals surface area contributed by atoms with Gasteiger partial charge in [-0.1, -0.05) is 30.3 Å². The summed E-state index contributed by atoms with van der Waals surface area (Å²) in [7, 11) is 0. The topological polar surface area (TPSA) is 94.3 Å². The van der Waals surface area contributed by atoms with Crippen molar-refractivity contribution in [1.82, 2.24) is 10.3 Å². The minimum Gasteiger partial charge on any atom is -0.461 e. The first-order valence-electron chi connectivity index (χ1n) is 7.29. The smallest absolute Gasteiger partial charge is 0.357 e. The maximum atomic E-state index is 12.0. The Kier molecular flexibility index (Phi) is 11.0. The summed E-state index contributed by atoms with van der Waals surface area (Å²) < 4.78 is 4.87. The molecule has 2 aromatic rings. The molecule has 0 aliphatic heterocycles. The molecule has 0 radical (unpaired) electrons. The van der Waals surface area contributed by atoms with Gasteiger partial charge in [-0.3, -0.25) is 4.79 Å². The van der Waals surface area contributed by atoms with Gasteiger partial charge >= 0.3 is 5.97 Å². The Hall–Kier alpha value is -1.67. The quantitative estimate of drug-likeness (QED) is 0.689. The SMILES string of the molecule is CCOC(=O)c1csc(CNC(=O)C(N)Cc2ccccc2)n1.Cl.Cl. The largest absolute Gasteiger partial charge is 0.461 e. The van der Waals surface area contributed by atoms with Crippen LogP contribution in [0.3, 0.4) is 0 Å². The minimum atomic E-state index is -0.623. The molecule has 0 aliphatic rings. The van der Waals surface area contributed by atoms with E-state index in [1.54, 1.807) is 12.3 Å². The molecular weight excluding hydrogens is 385 g/mol. The third-order valence-corrected chi connectivity index (χ3v) is 3.93. The van der Waals surface area contributed by atoms with Gasteiger partial charge in [0.25, 0.3) is 0 Å². The maximum Gasteiger partial charge on any atom is 0.357 e. The number of benzene rings is 1. The van der Waals surface area contributed by atoms with Crippen LogP contribution in [0.25, 0.3) is 0 Å². The lowest BCUT2D eigenvalue weighted by Crippen LogP contribution is -2.41. The number of rotatable bonds is 7. The second-order valence-electron chi connectivity index (χ2n) is 4.86. The summed E-state index contributed by atoms with van der Waals surface area (Å²) in [5, 5.41) is 4.98. The van der Waals surface area contributed by atoms with Crippen molar-refractivity contribution in [2.45, 2.75) is 25.9 Å². The van der Waals surface area contributed by atoms with E-state index in [4.69, 9.17) is 10.5 Å². The van der Waals surface area contributed by atoms with Crippen LogP contribution in [0.1, 0.15) is 28.0 Å². The van der Waals surface area contributed by atoms with E-state index in [0.717, 1.165) is 5.56 Å². The molecule has 1 amide bonds. The predicted octanol–water partition coefficient (Wildman–Crippen LogP) is 2.35. The van der Waals surface area contributed by atoms with Crippen LogP contribution in [0, 0.1) is 0 Å². The third kappa shape index (κ3) is 7.39. The van der Waals surface area contributed by atoms with Gasteiger partial charge in [0, 0.05) is 5.38 Å². The molecule has 0 spiro atoms. The van der Waals surface area contributed by atoms with Gasteiger partial charge in [-0.25, -0.2) is 9.78 Å². The fraction of sp³-hybridized carbons (Fsp3) is 0.312. The van der Waals surface area contributed by atoms with Crippen LogP contribution in [0.15, 0.2) is 35.7 Å². The van der Waals surface area contributed by atoms with Gasteiger partial charge in [0.1, 0.15) is 5.01 Å². The van der Waals surface area contributed by atoms with Crippen molar-refractivity contribution in [2.75, 3.05) is 6.61 Å². The van der Waals surface area contributed by atoms with Crippen molar-refractivity contribution >= 4 is 48.0 Å². The summed E-state index contributed by atoms with van der Waals surface area (Å²) in [5.74, 6) is -0.705. The highest BCUT2D eigenvalue weighted by Crippen LogP contribution is 2.11. The van der Waals surface area contributed by atoms with Crippen LogP contribution >= 0.6 is 36.2 Å². The lowest BCUT2D eigenvalue weighted by molar-refractivity contribution is -0.122. The number of hydrogen-bond donors (Lipinski definition) is 2. The molecule has 25 heavy (non-hydrogen) atoms. The standard InChI is InChI=1S/C16H19N3O3S.2ClH/c1-2-22-16(21)13-10-23-14(19-13)9-18-15(20)12(17)8-11-6-4-3-5-7-11;;/h3-7,10,12H,2,8-9,17H2,1H3,(H,18,20);2*1H. The van der Waals surface area contributed by atoms with Crippen molar-refractivity contribution in [3.8, 4) is 0 Å². The summed E-state index contributed by atoms with van der Waals surface area (Å²) >= 11 is 1.29. The molecule has 1 aromatic heterocycles. The van der Waals surface area contributed by atoms with Crippen LogP contribution < -0.4 is 11.1 Å². The zero-order chi connectivity index (χ0) is 16.7. The first kappa shape index (κ1) is 23.3. The van der Waals surface area contributed by atoms with E-state index < -0.39 is 12.0 Å². The maximum absolute atomic E-state index is 12.0. The number of amides is 1. The number of carbonyl (C=O) groups is 2. The van der Waals surface area contributed by atoms with Gasteiger partial charge in [-0.15, -0.1) is 36.2 Å². The minimum absolute atomic E-state index is 0. The third-order valence-electron chi connectivity index (χ3n) is 3.09. The first-order chi connectivity index (χ1) is 11.1. The number of ether oxygens (including phenoxy) is 1. The molecule has 1 atom stereocenters. The van der Waals surface area contributed by atoms with Crippen LogP contribution in [0.2, 0.25) is 0 Å². The van der Waals surface area contributed by atoms with Crippen LogP contribution in [-0.4, -0.2) is 29.5 Å². The molecule has 0 saturated heterocycles. The molecule has 138 valence electrons. The molecule has 3 N–H and O–H groups in total. The number of nitrogens with one attached hydrogen (secondary N) is 1. The molecule has 2 rings (SSSR count). The zero-order valence-corrected chi connectivity index (χ0v) is 16.1. The number of nitrogens with two attached hydrogens (primary N) is 1. The Morgan fingerprint density at radius 3 is 2.60 bits per heavy atom. The van der Waals surface area contributed by atoms with Gasteiger partial charge in [-0.05, 0) is 18.9 Å². The van der Waals surface area contributed by atoms with Crippen molar-refractivity contribution in [3.05, 3.63) is 52.0 Å². The van der Waals surface area contributed by atoms with E-state index in [1.807, 2.05) is 30.3 Å². The lowest BCUT2D eigenvalue weighted by Gasteiger charge is -2.11. The van der Waals surface area contributed by atoms with E-state index in [-0.39, 0.29) is 43.0 Å². The van der Waals surface area contributed by atoms with E-state index >= 15 is 0 Å². The molecule has 0 fully saturated rings. The highest BCUT2D eigenvalue weighted by Gasteiger charge is 2.15. The van der Waals surface area contributed by atoms with Crippen molar-refractivity contribution in [1.29, 1.82) is 0 Å². The monoisotopic (exact) mass is 405 g/mol. The summed E-state index contributed by atoms with van der Waals surface area (Å²) in [6, 6.07) is 8.97. The van der Waals surface area contributed by atoms with Gasteiger partial charge in [-0.2, -0.15) is 0 Å². The van der Waals surface area contributed by atoms with E-state index in [0.29, 0.717) is 18.0 Å². The molecule has 6 nitrogen and oxygen atoms in total. The molecule has 0 bridgehead atoms. The van der Waals surface area contributed by atoms with E-state index in [2.05, 4.69) is 10.3 Å². The van der Waals surface area contributed by atoms with Gasteiger partial charge in [0.05, 0.1) is 19.2 Å². The van der Waals surface area contributed by atoms with Crippen LogP contribution in [0.5, 0.6) is 0 Å². The summed E-state index contributed by atoms with van der Waals surface area (Å²) in [4.78, 5) is 27.7. The second-order valence-corrected chi connectivity index (χ2v) is 5.80. The molecule has 1 unspecified atom stereocenters. The number of nitrogens with zero attached hydrogens (tertiary/aromatic N) is 1. The average Bonchev–Trinajstić information content (AvgIpc) is 3.03. The van der Waals surface area contributed by atoms with Crippen molar-refractivity contribution in [2.24, 2.45) is 5.73 Å². The Labute approximate surface area is 163 Å². The van der Waals surface area contributed by atoms with Crippen LogP contribution in [-0.2, 0) is 22.5 Å². The highest BCUT2D eigenvalue weighted by atomic mass is 35.5. The van der Waals surface area contributed by atoms with Gasteiger partial charge in [0.15, 0.2) is 5.69 Å². The Morgan fingerprint density at radius 1 is 1.28 bits per heavy atom. The summed E-state index contributed by atoms with van der Waals surface area (Å²) in [6.45, 7) is 2.28. The van der Waals surface area contributed by atoms with Crippen molar-refractivity contribution < 1.29 is 14.3 Å². The Morgan fingerprint density at radius 2 is 1.96 bits per heavy atom. The first-order valence-corrected chi connectivity index (χ1v) is 8.17. The Bertz CT molecular complexity index is 668. The number of hydrogen-bond acceptors (Lipinski definition) is 6. The van der Waals surface area contributed by atoms with E-state index in [9.17, 15) is 9.59 Å². The van der Waals surface area contributed by atoms with E-state index in [1.165, 1.54) is 11.3 Å². The number of aromatic nitrogens is 1. The fourth-order valence-corrected chi connectivity index (χ4v) is 2.65. The number of thiazole rings is 1. The number of esters is 1. The predicted molar refractivity (Wildman–Crippen MR) is 103 cm³/mol. The van der Waals surface area contributed by atoms with Crippen molar-refractivity contribution in [3.63, 3.8) is 0 Å². The number of halogens is 2. The van der Waals surface area contributed by atoms with Gasteiger partial charge in [0.2, 0.25) is 5.91 Å². The molecule has 1 aromatic carbocycles. The average molecular weight is 406 g/mol. The molecular formula is C16H21Cl2N3O3S. The molecule has 0 aliphatic carbocycles. The molecule has 1 heterocycles. The normalized spacial score (nSPS) is 10.8. The fourth-order valence-electron chi connectivity index (χ4n) is 1.95. The van der Waals surface area contributed by atoms with Gasteiger partial charge < -0.3 is 15.8 Å².